The number of fused-ring (bicyclic) bond motifs is 1. The van der Waals surface area contributed by atoms with Crippen molar-refractivity contribution in [3.63, 3.8) is 0 Å². The van der Waals surface area contributed by atoms with Gasteiger partial charge in [0.1, 0.15) is 0 Å². The van der Waals surface area contributed by atoms with Crippen LogP contribution in [0.4, 0.5) is 5.69 Å². The van der Waals surface area contributed by atoms with E-state index in [-0.39, 0.29) is 11.8 Å². The minimum absolute atomic E-state index is 0.00895. The first-order chi connectivity index (χ1) is 15.5. The number of hydrogen-bond acceptors (Lipinski definition) is 4. The summed E-state index contributed by atoms with van der Waals surface area (Å²) >= 11 is 1.58. The molecule has 1 aliphatic heterocycles. The molecule has 3 aromatic rings. The molecule has 0 atom stereocenters. The molecule has 0 radical (unpaired) electrons. The molecule has 166 valence electrons. The molecule has 0 bridgehead atoms. The van der Waals surface area contributed by atoms with Gasteiger partial charge < -0.3 is 10.2 Å². The van der Waals surface area contributed by atoms with Crippen LogP contribution in [0.1, 0.15) is 11.1 Å². The summed E-state index contributed by atoms with van der Waals surface area (Å²) in [5, 5.41) is 5.42. The maximum Gasteiger partial charge on any atom is 0.238 e. The van der Waals surface area contributed by atoms with Crippen molar-refractivity contribution < 1.29 is 9.59 Å². The van der Waals surface area contributed by atoms with Crippen LogP contribution in [0.3, 0.4) is 0 Å². The normalized spacial score (nSPS) is 14.5. The van der Waals surface area contributed by atoms with Crippen molar-refractivity contribution >= 4 is 40.0 Å². The maximum atomic E-state index is 12.7. The second-order valence-corrected chi connectivity index (χ2v) is 9.30. The Bertz CT molecular complexity index is 1120. The maximum absolute atomic E-state index is 12.7. The molecule has 32 heavy (non-hydrogen) atoms. The van der Waals surface area contributed by atoms with Gasteiger partial charge in [-0.3, -0.25) is 14.5 Å². The fraction of sp³-hybridized carbons (Fsp3) is 0.308. The predicted molar refractivity (Wildman–Crippen MR) is 132 cm³/mol. The molecule has 0 spiro atoms. The first-order valence-corrected chi connectivity index (χ1v) is 12.0. The Labute approximate surface area is 193 Å². The molecule has 0 aromatic heterocycles. The number of nitrogens with zero attached hydrogens (tertiary/aromatic N) is 2. The molecular formula is C26H29N3O2S. The Hall–Kier alpha value is -2.83. The summed E-state index contributed by atoms with van der Waals surface area (Å²) in [5.74, 6) is 0.582. The van der Waals surface area contributed by atoms with Crippen molar-refractivity contribution in [3.8, 4) is 0 Å². The van der Waals surface area contributed by atoms with Gasteiger partial charge in [-0.2, -0.15) is 0 Å². The first kappa shape index (κ1) is 22.4. The molecule has 1 N–H and O–H groups in total. The second kappa shape index (κ2) is 10.2. The zero-order valence-electron chi connectivity index (χ0n) is 18.6. The molecule has 6 heteroatoms. The lowest BCUT2D eigenvalue weighted by molar-refractivity contribution is -0.130. The van der Waals surface area contributed by atoms with E-state index >= 15 is 0 Å². The van der Waals surface area contributed by atoms with Crippen molar-refractivity contribution in [1.82, 2.24) is 9.80 Å². The summed E-state index contributed by atoms with van der Waals surface area (Å²) in [7, 11) is 0. The van der Waals surface area contributed by atoms with Gasteiger partial charge >= 0.3 is 0 Å². The number of thioether (sulfide) groups is 1. The molecule has 3 aromatic carbocycles. The van der Waals surface area contributed by atoms with Gasteiger partial charge in [-0.1, -0.05) is 42.5 Å². The average molecular weight is 448 g/mol. The van der Waals surface area contributed by atoms with Crippen molar-refractivity contribution in [3.05, 3.63) is 71.8 Å². The molecule has 0 saturated carbocycles. The Morgan fingerprint density at radius 2 is 1.66 bits per heavy atom. The molecule has 1 fully saturated rings. The topological polar surface area (TPSA) is 52.7 Å². The van der Waals surface area contributed by atoms with Gasteiger partial charge in [0.2, 0.25) is 11.8 Å². The van der Waals surface area contributed by atoms with Crippen LogP contribution in [0.2, 0.25) is 0 Å². The number of amides is 2. The van der Waals surface area contributed by atoms with Crippen LogP contribution < -0.4 is 5.32 Å². The highest BCUT2D eigenvalue weighted by Crippen LogP contribution is 2.24. The number of piperazine rings is 1. The van der Waals surface area contributed by atoms with E-state index in [1.807, 2.05) is 49.1 Å². The second-order valence-electron chi connectivity index (χ2n) is 8.25. The smallest absolute Gasteiger partial charge is 0.238 e. The zero-order valence-corrected chi connectivity index (χ0v) is 19.5. The van der Waals surface area contributed by atoms with Crippen molar-refractivity contribution in [2.75, 3.05) is 43.8 Å². The highest BCUT2D eigenvalue weighted by atomic mass is 32.2. The molecule has 1 saturated heterocycles. The van der Waals surface area contributed by atoms with E-state index in [1.54, 1.807) is 11.8 Å². The molecule has 0 aliphatic carbocycles. The van der Waals surface area contributed by atoms with E-state index in [4.69, 9.17) is 0 Å². The van der Waals surface area contributed by atoms with Gasteiger partial charge in [-0.25, -0.2) is 0 Å². The lowest BCUT2D eigenvalue weighted by atomic mass is 10.1. The third kappa shape index (κ3) is 5.50. The number of anilines is 1. The Balaban J connectivity index is 1.22. The van der Waals surface area contributed by atoms with E-state index in [9.17, 15) is 9.59 Å². The summed E-state index contributed by atoms with van der Waals surface area (Å²) in [6.07, 6.45) is 0. The van der Waals surface area contributed by atoms with E-state index in [0.717, 1.165) is 21.7 Å². The highest BCUT2D eigenvalue weighted by molar-refractivity contribution is 8.00. The lowest BCUT2D eigenvalue weighted by Gasteiger charge is -2.34. The summed E-state index contributed by atoms with van der Waals surface area (Å²) in [6, 6.07) is 20.5. The molecular weight excluding hydrogens is 418 g/mol. The standard InChI is InChI=1S/C26H29N3O2S/c1-19-6-5-9-24(20(19)2)27-25(30)17-28-12-14-29(15-13-28)26(31)18-32-23-11-10-21-7-3-4-8-22(21)16-23/h3-11,16H,12-15,17-18H2,1-2H3,(H,27,30). The summed E-state index contributed by atoms with van der Waals surface area (Å²) < 4.78 is 0. The van der Waals surface area contributed by atoms with Crippen LogP contribution in [-0.2, 0) is 9.59 Å². The first-order valence-electron chi connectivity index (χ1n) is 11.0. The summed E-state index contributed by atoms with van der Waals surface area (Å²) in [5.41, 5.74) is 3.13. The molecule has 1 aliphatic rings. The van der Waals surface area contributed by atoms with Gasteiger partial charge in [0, 0.05) is 36.8 Å². The van der Waals surface area contributed by atoms with Gasteiger partial charge in [-0.15, -0.1) is 11.8 Å². The van der Waals surface area contributed by atoms with Crippen LogP contribution in [0.5, 0.6) is 0 Å². The van der Waals surface area contributed by atoms with E-state index in [0.29, 0.717) is 38.5 Å². The Morgan fingerprint density at radius 3 is 2.44 bits per heavy atom. The predicted octanol–water partition coefficient (Wildman–Crippen LogP) is 4.33. The quantitative estimate of drug-likeness (QED) is 0.572. The number of aryl methyl sites for hydroxylation is 1. The van der Waals surface area contributed by atoms with E-state index in [1.165, 1.54) is 10.8 Å². The van der Waals surface area contributed by atoms with Crippen molar-refractivity contribution in [2.45, 2.75) is 18.7 Å². The Kier molecular flexibility index (Phi) is 7.12. The molecule has 2 amide bonds. The number of rotatable bonds is 6. The van der Waals surface area contributed by atoms with Crippen molar-refractivity contribution in [1.29, 1.82) is 0 Å². The minimum atomic E-state index is -0.00895. The van der Waals surface area contributed by atoms with Gasteiger partial charge in [0.15, 0.2) is 0 Å². The monoisotopic (exact) mass is 447 g/mol. The van der Waals surface area contributed by atoms with Crippen molar-refractivity contribution in [2.24, 2.45) is 0 Å². The summed E-state index contributed by atoms with van der Waals surface area (Å²) in [4.78, 5) is 30.3. The van der Waals surface area contributed by atoms with Crippen LogP contribution in [0, 0.1) is 13.8 Å². The minimum Gasteiger partial charge on any atom is -0.339 e. The Morgan fingerprint density at radius 1 is 0.906 bits per heavy atom. The third-order valence-corrected chi connectivity index (χ3v) is 7.03. The van der Waals surface area contributed by atoms with Crippen LogP contribution in [-0.4, -0.2) is 60.1 Å². The van der Waals surface area contributed by atoms with Gasteiger partial charge in [-0.05, 0) is 53.9 Å². The van der Waals surface area contributed by atoms with E-state index < -0.39 is 0 Å². The fourth-order valence-electron chi connectivity index (χ4n) is 3.93. The van der Waals surface area contributed by atoms with Crippen LogP contribution in [0.25, 0.3) is 10.8 Å². The van der Waals surface area contributed by atoms with Gasteiger partial charge in [0.05, 0.1) is 12.3 Å². The number of nitrogens with one attached hydrogen (secondary N) is 1. The fourth-order valence-corrected chi connectivity index (χ4v) is 4.78. The molecule has 1 heterocycles. The summed E-state index contributed by atoms with van der Waals surface area (Å²) in [6.45, 7) is 7.16. The average Bonchev–Trinajstić information content (AvgIpc) is 2.81. The lowest BCUT2D eigenvalue weighted by Crippen LogP contribution is -2.50. The number of carbonyl (C=O) groups is 2. The van der Waals surface area contributed by atoms with Crippen LogP contribution in [0.15, 0.2) is 65.6 Å². The molecule has 5 nitrogen and oxygen atoms in total. The van der Waals surface area contributed by atoms with Crippen LogP contribution >= 0.6 is 11.8 Å². The number of carbonyl (C=O) groups excluding carboxylic acids is 2. The van der Waals surface area contributed by atoms with Gasteiger partial charge in [0.25, 0.3) is 0 Å². The zero-order chi connectivity index (χ0) is 22.5. The molecule has 4 rings (SSSR count). The largest absolute Gasteiger partial charge is 0.339 e. The highest BCUT2D eigenvalue weighted by Gasteiger charge is 2.22. The van der Waals surface area contributed by atoms with E-state index in [2.05, 4.69) is 40.5 Å². The third-order valence-electron chi connectivity index (χ3n) is 6.05. The number of benzene rings is 3. The SMILES string of the molecule is Cc1cccc(NC(=O)CN2CCN(C(=O)CSc3ccc4ccccc4c3)CC2)c1C. The number of hydrogen-bond donors (Lipinski definition) is 1. The molecule has 0 unspecified atom stereocenters.